The maximum Gasteiger partial charge on any atom is 0.328 e. The van der Waals surface area contributed by atoms with E-state index in [4.69, 9.17) is 9.72 Å². The zero-order valence-electron chi connectivity index (χ0n) is 24.0. The summed E-state index contributed by atoms with van der Waals surface area (Å²) in [6.07, 6.45) is 10.2. The van der Waals surface area contributed by atoms with Crippen LogP contribution in [0.3, 0.4) is 0 Å². The zero-order valence-corrected chi connectivity index (χ0v) is 24.8. The number of hydrogen-bond acceptors (Lipinski definition) is 8. The van der Waals surface area contributed by atoms with Gasteiger partial charge >= 0.3 is 6.03 Å². The highest BCUT2D eigenvalue weighted by molar-refractivity contribution is 7.99. The monoisotopic (exact) mass is 577 g/mol. The van der Waals surface area contributed by atoms with Crippen molar-refractivity contribution in [2.45, 2.75) is 63.2 Å². The van der Waals surface area contributed by atoms with Gasteiger partial charge in [0.15, 0.2) is 0 Å². The summed E-state index contributed by atoms with van der Waals surface area (Å²) >= 11 is 2.04. The second-order valence-electron chi connectivity index (χ2n) is 11.1. The third-order valence-corrected chi connectivity index (χ3v) is 9.57. The lowest BCUT2D eigenvalue weighted by molar-refractivity contribution is -0.136. The normalized spacial score (nSPS) is 17.8. The quantitative estimate of drug-likeness (QED) is 0.441. The van der Waals surface area contributed by atoms with E-state index < -0.39 is 0 Å². The van der Waals surface area contributed by atoms with Crippen LogP contribution >= 0.6 is 11.8 Å². The molecule has 1 saturated carbocycles. The van der Waals surface area contributed by atoms with Gasteiger partial charge in [0.25, 0.3) is 0 Å². The molecule has 2 aliphatic heterocycles. The van der Waals surface area contributed by atoms with E-state index >= 15 is 0 Å². The molecule has 1 N–H and O–H groups in total. The van der Waals surface area contributed by atoms with Crippen molar-refractivity contribution in [1.29, 1.82) is 5.26 Å². The van der Waals surface area contributed by atoms with Crippen LogP contribution in [0.1, 0.15) is 60.8 Å². The number of nitriles is 1. The smallest absolute Gasteiger partial charge is 0.328 e. The summed E-state index contributed by atoms with van der Waals surface area (Å²) in [6, 6.07) is 5.77. The van der Waals surface area contributed by atoms with Crippen LogP contribution in [0.5, 0.6) is 5.88 Å². The molecule has 3 aliphatic rings. The van der Waals surface area contributed by atoms with Gasteiger partial charge in [0.1, 0.15) is 17.7 Å². The number of amides is 3. The van der Waals surface area contributed by atoms with Crippen molar-refractivity contribution in [3.8, 4) is 11.9 Å². The number of nitrogens with one attached hydrogen (secondary N) is 1. The summed E-state index contributed by atoms with van der Waals surface area (Å²) in [6.45, 7) is 2.83. The van der Waals surface area contributed by atoms with E-state index in [0.717, 1.165) is 59.9 Å². The van der Waals surface area contributed by atoms with Crippen molar-refractivity contribution in [1.82, 2.24) is 19.8 Å². The van der Waals surface area contributed by atoms with Crippen molar-refractivity contribution in [2.75, 3.05) is 56.3 Å². The molecule has 2 aromatic heterocycles. The van der Waals surface area contributed by atoms with Gasteiger partial charge in [-0.25, -0.2) is 9.78 Å². The Morgan fingerprint density at radius 2 is 2.02 bits per heavy atom. The van der Waals surface area contributed by atoms with Gasteiger partial charge in [-0.3, -0.25) is 19.9 Å². The number of urea groups is 1. The Labute approximate surface area is 246 Å². The number of methoxy groups -OCH3 is 1. The SMILES string of the molecule is COc1nc2c(cc1CN1CCN(C)CC1=O)CCCN2C(=O)Nc1cc(CCCSC2CCCC2)c(C#N)cn1. The third kappa shape index (κ3) is 7.11. The molecule has 0 aromatic carbocycles. The first-order valence-electron chi connectivity index (χ1n) is 14.6. The molecule has 11 heteroatoms. The Morgan fingerprint density at radius 1 is 1.20 bits per heavy atom. The molecule has 0 spiro atoms. The first-order chi connectivity index (χ1) is 19.9. The van der Waals surface area contributed by atoms with Crippen LogP contribution in [-0.4, -0.2) is 83.0 Å². The van der Waals surface area contributed by atoms with Crippen molar-refractivity contribution in [3.05, 3.63) is 40.6 Å². The van der Waals surface area contributed by atoms with Crippen molar-refractivity contribution in [3.63, 3.8) is 0 Å². The van der Waals surface area contributed by atoms with Gasteiger partial charge in [-0.2, -0.15) is 22.0 Å². The molecule has 1 aliphatic carbocycles. The van der Waals surface area contributed by atoms with Gasteiger partial charge in [0.2, 0.25) is 11.8 Å². The maximum absolute atomic E-state index is 13.4. The predicted octanol–water partition coefficient (Wildman–Crippen LogP) is 4.22. The van der Waals surface area contributed by atoms with Crippen LogP contribution < -0.4 is 15.0 Å². The van der Waals surface area contributed by atoms with E-state index in [2.05, 4.69) is 16.4 Å². The average molecular weight is 578 g/mol. The Bertz CT molecular complexity index is 1310. The summed E-state index contributed by atoms with van der Waals surface area (Å²) in [5, 5.41) is 13.3. The lowest BCUT2D eigenvalue weighted by Crippen LogP contribution is -2.48. The lowest BCUT2D eigenvalue weighted by atomic mass is 10.0. The molecule has 2 fully saturated rings. The largest absolute Gasteiger partial charge is 0.481 e. The van der Waals surface area contributed by atoms with Gasteiger partial charge in [0.05, 0.1) is 25.8 Å². The molecule has 0 bridgehead atoms. The first kappa shape index (κ1) is 29.1. The number of rotatable bonds is 9. The number of carbonyl (C=O) groups excluding carboxylic acids is 2. The van der Waals surface area contributed by atoms with Crippen LogP contribution in [-0.2, 0) is 24.2 Å². The van der Waals surface area contributed by atoms with Crippen molar-refractivity contribution >= 4 is 35.3 Å². The number of fused-ring (bicyclic) bond motifs is 1. The Kier molecular flexibility index (Phi) is 9.62. The molecule has 218 valence electrons. The summed E-state index contributed by atoms with van der Waals surface area (Å²) in [7, 11) is 3.51. The number of ether oxygens (including phenoxy) is 1. The van der Waals surface area contributed by atoms with Crippen LogP contribution in [0, 0.1) is 11.3 Å². The van der Waals surface area contributed by atoms with Crippen molar-refractivity contribution in [2.24, 2.45) is 0 Å². The molecular weight excluding hydrogens is 538 g/mol. The highest BCUT2D eigenvalue weighted by Gasteiger charge is 2.29. The van der Waals surface area contributed by atoms with E-state index in [1.165, 1.54) is 25.7 Å². The van der Waals surface area contributed by atoms with Crippen LogP contribution in [0.15, 0.2) is 18.3 Å². The third-order valence-electron chi connectivity index (χ3n) is 8.10. The number of aryl methyl sites for hydroxylation is 2. The minimum Gasteiger partial charge on any atom is -0.481 e. The molecule has 5 rings (SSSR count). The first-order valence-corrected chi connectivity index (χ1v) is 15.6. The molecule has 0 radical (unpaired) electrons. The number of nitrogens with zero attached hydrogens (tertiary/aromatic N) is 6. The van der Waals surface area contributed by atoms with Crippen LogP contribution in [0.25, 0.3) is 0 Å². The maximum atomic E-state index is 13.4. The highest BCUT2D eigenvalue weighted by atomic mass is 32.2. The molecule has 0 atom stereocenters. The standard InChI is InChI=1S/C30H39N7O3S/c1-35-12-13-36(27(38)20-35)19-23-15-22-7-5-11-37(28(22)34-29(23)40-2)30(39)33-26-16-21(24(17-31)18-32-26)8-6-14-41-25-9-3-4-10-25/h15-16,18,25H,3-14,19-20H2,1-2H3,(H,32,33,39). The average Bonchev–Trinajstić information content (AvgIpc) is 3.50. The van der Waals surface area contributed by atoms with E-state index in [0.29, 0.717) is 49.3 Å². The fourth-order valence-corrected chi connectivity index (χ4v) is 7.14. The molecule has 41 heavy (non-hydrogen) atoms. The van der Waals surface area contributed by atoms with Gasteiger partial charge in [-0.1, -0.05) is 12.8 Å². The highest BCUT2D eigenvalue weighted by Crippen LogP contribution is 2.32. The Balaban J connectivity index is 1.26. The number of hydrogen-bond donors (Lipinski definition) is 1. The second kappa shape index (κ2) is 13.5. The summed E-state index contributed by atoms with van der Waals surface area (Å²) in [5.41, 5.74) is 3.26. The number of anilines is 2. The van der Waals surface area contributed by atoms with Crippen LogP contribution in [0.2, 0.25) is 0 Å². The van der Waals surface area contributed by atoms with Crippen molar-refractivity contribution < 1.29 is 14.3 Å². The summed E-state index contributed by atoms with van der Waals surface area (Å²) in [5.74, 6) is 2.57. The number of pyridine rings is 2. The molecule has 0 unspecified atom stereocenters. The minimum atomic E-state index is -0.317. The van der Waals surface area contributed by atoms with Gasteiger partial charge in [-0.15, -0.1) is 0 Å². The van der Waals surface area contributed by atoms with Crippen LogP contribution in [0.4, 0.5) is 16.4 Å². The number of piperazine rings is 1. The molecule has 2 aromatic rings. The predicted molar refractivity (Wildman–Crippen MR) is 160 cm³/mol. The summed E-state index contributed by atoms with van der Waals surface area (Å²) in [4.78, 5) is 40.5. The Hall–Kier alpha value is -3.36. The zero-order chi connectivity index (χ0) is 28.8. The fourth-order valence-electron chi connectivity index (χ4n) is 5.83. The molecule has 1 saturated heterocycles. The van der Waals surface area contributed by atoms with Gasteiger partial charge in [0, 0.05) is 36.6 Å². The van der Waals surface area contributed by atoms with E-state index in [-0.39, 0.29) is 11.9 Å². The number of thioether (sulfide) groups is 1. The lowest BCUT2D eigenvalue weighted by Gasteiger charge is -2.33. The summed E-state index contributed by atoms with van der Waals surface area (Å²) < 4.78 is 5.61. The van der Waals surface area contributed by atoms with E-state index in [1.54, 1.807) is 18.2 Å². The topological polar surface area (TPSA) is 115 Å². The second-order valence-corrected chi connectivity index (χ2v) is 12.5. The van der Waals surface area contributed by atoms with E-state index in [1.807, 2.05) is 40.7 Å². The molecule has 4 heterocycles. The molecular formula is C30H39N7O3S. The number of likely N-dealkylation sites (N-methyl/N-ethyl adjacent to an activating group) is 1. The fraction of sp³-hybridized carbons (Fsp3) is 0.567. The Morgan fingerprint density at radius 3 is 2.78 bits per heavy atom. The molecule has 10 nitrogen and oxygen atoms in total. The van der Waals surface area contributed by atoms with Gasteiger partial charge in [-0.05, 0) is 74.6 Å². The number of carbonyl (C=O) groups is 2. The van der Waals surface area contributed by atoms with E-state index in [9.17, 15) is 14.9 Å². The minimum absolute atomic E-state index is 0.0846. The molecule has 3 amide bonds. The van der Waals surface area contributed by atoms with Gasteiger partial charge < -0.3 is 9.64 Å². The number of aromatic nitrogens is 2.